The first-order chi connectivity index (χ1) is 15.2. The van der Waals surface area contributed by atoms with Crippen LogP contribution in [0.1, 0.15) is 30.5 Å². The van der Waals surface area contributed by atoms with Gasteiger partial charge in [-0.05, 0) is 48.8 Å². The molecule has 0 radical (unpaired) electrons. The van der Waals surface area contributed by atoms with Gasteiger partial charge in [-0.15, -0.1) is 0 Å². The zero-order valence-electron chi connectivity index (χ0n) is 18.6. The van der Waals surface area contributed by atoms with E-state index in [1.54, 1.807) is 34.1 Å². The van der Waals surface area contributed by atoms with E-state index in [-0.39, 0.29) is 27.6 Å². The fourth-order valence-corrected chi connectivity index (χ4v) is 3.77. The first kappa shape index (κ1) is 25.3. The Bertz CT molecular complexity index is 1060. The number of methoxy groups -OCH3 is 2. The van der Waals surface area contributed by atoms with Gasteiger partial charge in [-0.25, -0.2) is 0 Å². The molecule has 170 valence electrons. The predicted molar refractivity (Wildman–Crippen MR) is 129 cm³/mol. The molecule has 0 aromatic heterocycles. The van der Waals surface area contributed by atoms with Gasteiger partial charge in [0.05, 0.1) is 24.3 Å². The molecule has 0 aliphatic rings. The van der Waals surface area contributed by atoms with E-state index < -0.39 is 0 Å². The van der Waals surface area contributed by atoms with Crippen LogP contribution >= 0.6 is 23.2 Å². The molecule has 0 bridgehead atoms. The Hall–Kier alpha value is -2.96. The zero-order valence-corrected chi connectivity index (χ0v) is 20.1. The highest BCUT2D eigenvalue weighted by Crippen LogP contribution is 2.42. The maximum Gasteiger partial charge on any atom is 0.244 e. The normalized spacial score (nSPS) is 11.7. The van der Waals surface area contributed by atoms with Gasteiger partial charge in [-0.1, -0.05) is 35.3 Å². The Kier molecular flexibility index (Phi) is 9.17. The Morgan fingerprint density at radius 2 is 1.44 bits per heavy atom. The number of hydrogen-bond acceptors (Lipinski definition) is 4. The van der Waals surface area contributed by atoms with Gasteiger partial charge in [0.1, 0.15) is 5.75 Å². The second-order valence-electron chi connectivity index (χ2n) is 6.97. The van der Waals surface area contributed by atoms with Gasteiger partial charge in [0.25, 0.3) is 0 Å². The first-order valence-corrected chi connectivity index (χ1v) is 10.5. The van der Waals surface area contributed by atoms with Crippen LogP contribution in [0.5, 0.6) is 11.5 Å². The van der Waals surface area contributed by atoms with Crippen LogP contribution in [0, 0.1) is 0 Å². The standard InChI is InChI=1S/C24H26Cl2N2O4/c1-14(10-20(29)27-3)18-12-19(23(26)24(32-5)22(18)25)15(2)11-21(30)28-13-16-6-8-17(31-4)9-7-16/h6-12H,13H2,1-5H3,(H,27,29)(H,28,30). The monoisotopic (exact) mass is 476 g/mol. The van der Waals surface area contributed by atoms with E-state index in [0.29, 0.717) is 28.8 Å². The van der Waals surface area contributed by atoms with Crippen LogP contribution in [0.3, 0.4) is 0 Å². The SMILES string of the molecule is CNC(=O)C=C(C)c1cc(C(C)=CC(=O)NCc2ccc(OC)cc2)c(Cl)c(OC)c1Cl. The molecule has 0 saturated heterocycles. The molecule has 0 spiro atoms. The average molecular weight is 477 g/mol. The Morgan fingerprint density at radius 1 is 0.906 bits per heavy atom. The van der Waals surface area contributed by atoms with Crippen molar-refractivity contribution < 1.29 is 19.1 Å². The summed E-state index contributed by atoms with van der Waals surface area (Å²) in [5.74, 6) is 0.484. The third kappa shape index (κ3) is 6.28. The summed E-state index contributed by atoms with van der Waals surface area (Å²) in [4.78, 5) is 24.2. The van der Waals surface area contributed by atoms with Crippen molar-refractivity contribution in [2.24, 2.45) is 0 Å². The summed E-state index contributed by atoms with van der Waals surface area (Å²) < 4.78 is 10.5. The third-order valence-corrected chi connectivity index (χ3v) is 5.53. The smallest absolute Gasteiger partial charge is 0.244 e. The lowest BCUT2D eigenvalue weighted by Crippen LogP contribution is -2.20. The van der Waals surface area contributed by atoms with Crippen LogP contribution in [-0.4, -0.2) is 33.1 Å². The second kappa shape index (κ2) is 11.6. The van der Waals surface area contributed by atoms with E-state index in [2.05, 4.69) is 10.6 Å². The lowest BCUT2D eigenvalue weighted by Gasteiger charge is -2.16. The van der Waals surface area contributed by atoms with Crippen molar-refractivity contribution >= 4 is 46.2 Å². The molecule has 2 aromatic carbocycles. The number of amides is 2. The molecule has 0 saturated carbocycles. The number of halogens is 2. The molecule has 8 heteroatoms. The molecular formula is C24H26Cl2N2O4. The van der Waals surface area contributed by atoms with Crippen molar-refractivity contribution in [1.29, 1.82) is 0 Å². The number of hydrogen-bond donors (Lipinski definition) is 2. The molecule has 0 aliphatic heterocycles. The Morgan fingerprint density at radius 3 is 1.91 bits per heavy atom. The molecule has 2 rings (SSSR count). The minimum Gasteiger partial charge on any atom is -0.497 e. The van der Waals surface area contributed by atoms with E-state index in [1.807, 2.05) is 24.3 Å². The summed E-state index contributed by atoms with van der Waals surface area (Å²) in [6.45, 7) is 3.89. The Labute approximate surface area is 198 Å². The lowest BCUT2D eigenvalue weighted by atomic mass is 9.98. The number of nitrogens with one attached hydrogen (secondary N) is 2. The molecule has 32 heavy (non-hydrogen) atoms. The second-order valence-corrected chi connectivity index (χ2v) is 7.72. The molecule has 2 aromatic rings. The van der Waals surface area contributed by atoms with Gasteiger partial charge in [0.2, 0.25) is 11.8 Å². The first-order valence-electron chi connectivity index (χ1n) is 9.77. The molecule has 2 N–H and O–H groups in total. The van der Waals surface area contributed by atoms with Crippen molar-refractivity contribution in [2.45, 2.75) is 20.4 Å². The highest BCUT2D eigenvalue weighted by molar-refractivity contribution is 6.39. The van der Waals surface area contributed by atoms with Gasteiger partial charge in [0.15, 0.2) is 5.75 Å². The summed E-state index contributed by atoms with van der Waals surface area (Å²) in [6.07, 6.45) is 2.89. The number of allylic oxidation sites excluding steroid dienone is 2. The topological polar surface area (TPSA) is 76.7 Å². The van der Waals surface area contributed by atoms with E-state index >= 15 is 0 Å². The van der Waals surface area contributed by atoms with Gasteiger partial charge in [-0.3, -0.25) is 9.59 Å². The van der Waals surface area contributed by atoms with Crippen LogP contribution in [0.15, 0.2) is 42.5 Å². The third-order valence-electron chi connectivity index (χ3n) is 4.78. The summed E-state index contributed by atoms with van der Waals surface area (Å²) in [5.41, 5.74) is 3.34. The number of rotatable bonds is 8. The van der Waals surface area contributed by atoms with Crippen molar-refractivity contribution in [3.8, 4) is 11.5 Å². The largest absolute Gasteiger partial charge is 0.497 e. The minimum atomic E-state index is -0.275. The number of ether oxygens (including phenoxy) is 2. The minimum absolute atomic E-state index is 0.265. The zero-order chi connectivity index (χ0) is 23.8. The van der Waals surface area contributed by atoms with Crippen molar-refractivity contribution in [2.75, 3.05) is 21.3 Å². The van der Waals surface area contributed by atoms with Crippen molar-refractivity contribution in [3.63, 3.8) is 0 Å². The molecule has 0 heterocycles. The molecule has 6 nitrogen and oxygen atoms in total. The van der Waals surface area contributed by atoms with Crippen LogP contribution in [-0.2, 0) is 16.1 Å². The summed E-state index contributed by atoms with van der Waals surface area (Å²) >= 11 is 13.0. The molecule has 0 fully saturated rings. The molecular weight excluding hydrogens is 451 g/mol. The number of benzene rings is 2. The van der Waals surface area contributed by atoms with E-state index in [0.717, 1.165) is 11.3 Å². The lowest BCUT2D eigenvalue weighted by molar-refractivity contribution is -0.117. The summed E-state index contributed by atoms with van der Waals surface area (Å²) in [7, 11) is 4.60. The molecule has 0 atom stereocenters. The number of likely N-dealkylation sites (N-methyl/N-ethyl adjacent to an activating group) is 1. The quantitative estimate of drug-likeness (QED) is 0.532. The van der Waals surface area contributed by atoms with Crippen LogP contribution < -0.4 is 20.1 Å². The number of carbonyl (C=O) groups excluding carboxylic acids is 2. The van der Waals surface area contributed by atoms with Crippen LogP contribution in [0.25, 0.3) is 11.1 Å². The van der Waals surface area contributed by atoms with Crippen LogP contribution in [0.2, 0.25) is 10.0 Å². The van der Waals surface area contributed by atoms with Crippen LogP contribution in [0.4, 0.5) is 0 Å². The predicted octanol–water partition coefficient (Wildman–Crippen LogP) is 4.88. The Balaban J connectivity index is 2.32. The highest BCUT2D eigenvalue weighted by Gasteiger charge is 2.19. The van der Waals surface area contributed by atoms with E-state index in [9.17, 15) is 9.59 Å². The van der Waals surface area contributed by atoms with Gasteiger partial charge in [-0.2, -0.15) is 0 Å². The van der Waals surface area contributed by atoms with E-state index in [1.165, 1.54) is 19.3 Å². The summed E-state index contributed by atoms with van der Waals surface area (Å²) in [6, 6.07) is 9.16. The maximum atomic E-state index is 12.5. The molecule has 0 aliphatic carbocycles. The van der Waals surface area contributed by atoms with Gasteiger partial charge < -0.3 is 20.1 Å². The molecule has 0 unspecified atom stereocenters. The fourth-order valence-electron chi connectivity index (χ4n) is 2.97. The highest BCUT2D eigenvalue weighted by atomic mass is 35.5. The molecule has 2 amide bonds. The van der Waals surface area contributed by atoms with Gasteiger partial charge >= 0.3 is 0 Å². The maximum absolute atomic E-state index is 12.5. The number of carbonyl (C=O) groups is 2. The van der Waals surface area contributed by atoms with Crippen molar-refractivity contribution in [3.05, 3.63) is 69.2 Å². The summed E-state index contributed by atoms with van der Waals surface area (Å²) in [5, 5.41) is 5.95. The average Bonchev–Trinajstić information content (AvgIpc) is 2.78. The van der Waals surface area contributed by atoms with Gasteiger partial charge in [0, 0.05) is 36.9 Å². The van der Waals surface area contributed by atoms with E-state index in [4.69, 9.17) is 32.7 Å². The fraction of sp³-hybridized carbons (Fsp3) is 0.250. The van der Waals surface area contributed by atoms with Crippen molar-refractivity contribution in [1.82, 2.24) is 10.6 Å².